The van der Waals surface area contributed by atoms with Crippen molar-refractivity contribution in [2.45, 2.75) is 45.3 Å². The van der Waals surface area contributed by atoms with Crippen LogP contribution < -0.4 is 0 Å². The Hall–Kier alpha value is -2.03. The number of ether oxygens (including phenoxy) is 1. The molecule has 20 heavy (non-hydrogen) atoms. The Morgan fingerprint density at radius 3 is 2.80 bits per heavy atom. The fourth-order valence-corrected chi connectivity index (χ4v) is 2.37. The first-order valence-corrected chi connectivity index (χ1v) is 6.75. The quantitative estimate of drug-likeness (QED) is 0.789. The summed E-state index contributed by atoms with van der Waals surface area (Å²) in [6, 6.07) is 3.73. The van der Waals surface area contributed by atoms with Crippen molar-refractivity contribution in [2.24, 2.45) is 7.05 Å². The number of amides is 1. The molecule has 0 bridgehead atoms. The van der Waals surface area contributed by atoms with Gasteiger partial charge in [0, 0.05) is 13.6 Å². The van der Waals surface area contributed by atoms with E-state index in [1.165, 1.54) is 0 Å². The molecular weight excluding hydrogens is 256 g/mol. The van der Waals surface area contributed by atoms with Gasteiger partial charge in [0.15, 0.2) is 0 Å². The minimum Gasteiger partial charge on any atom is -0.444 e. The van der Waals surface area contributed by atoms with Crippen molar-refractivity contribution in [3.63, 3.8) is 0 Å². The Morgan fingerprint density at radius 1 is 1.55 bits per heavy atom. The number of hydrogen-bond acceptors (Lipinski definition) is 4. The maximum absolute atomic E-state index is 12.2. The van der Waals surface area contributed by atoms with Gasteiger partial charge in [0.05, 0.1) is 11.7 Å². The zero-order valence-corrected chi connectivity index (χ0v) is 12.4. The summed E-state index contributed by atoms with van der Waals surface area (Å²) < 4.78 is 6.97. The first-order valence-electron chi connectivity index (χ1n) is 6.75. The van der Waals surface area contributed by atoms with Crippen molar-refractivity contribution >= 4 is 6.09 Å². The number of hydrogen-bond donors (Lipinski definition) is 0. The third-order valence-electron chi connectivity index (χ3n) is 3.24. The molecular formula is C14H20N4O2. The highest BCUT2D eigenvalue weighted by Gasteiger charge is 2.34. The predicted octanol–water partition coefficient (Wildman–Crippen LogP) is 2.36. The molecule has 1 aromatic heterocycles. The minimum absolute atomic E-state index is 0.0989. The van der Waals surface area contributed by atoms with Crippen LogP contribution in [0.15, 0.2) is 6.07 Å². The molecule has 108 valence electrons. The van der Waals surface area contributed by atoms with Crippen LogP contribution >= 0.6 is 0 Å². The molecule has 0 aromatic carbocycles. The van der Waals surface area contributed by atoms with Crippen LogP contribution in [0.4, 0.5) is 4.79 Å². The monoisotopic (exact) mass is 276 g/mol. The van der Waals surface area contributed by atoms with E-state index in [9.17, 15) is 4.79 Å². The molecule has 0 spiro atoms. The molecule has 1 unspecified atom stereocenters. The molecule has 1 atom stereocenters. The van der Waals surface area contributed by atoms with Gasteiger partial charge in [-0.05, 0) is 39.7 Å². The average molecular weight is 276 g/mol. The van der Waals surface area contributed by atoms with E-state index in [2.05, 4.69) is 11.2 Å². The van der Waals surface area contributed by atoms with E-state index in [0.717, 1.165) is 18.5 Å². The number of carbonyl (C=O) groups excluding carboxylic acids is 1. The van der Waals surface area contributed by atoms with Gasteiger partial charge < -0.3 is 4.74 Å². The highest BCUT2D eigenvalue weighted by atomic mass is 16.6. The van der Waals surface area contributed by atoms with Gasteiger partial charge in [-0.15, -0.1) is 0 Å². The number of aryl methyl sites for hydroxylation is 1. The second kappa shape index (κ2) is 5.16. The molecule has 1 amide bonds. The van der Waals surface area contributed by atoms with Crippen LogP contribution in [0.1, 0.15) is 51.0 Å². The van der Waals surface area contributed by atoms with Crippen molar-refractivity contribution in [2.75, 3.05) is 6.54 Å². The molecule has 1 aliphatic heterocycles. The molecule has 1 aliphatic rings. The molecule has 1 aromatic rings. The van der Waals surface area contributed by atoms with Gasteiger partial charge in [0.2, 0.25) is 0 Å². The molecule has 0 radical (unpaired) electrons. The number of carbonyl (C=O) groups is 1. The zero-order valence-electron chi connectivity index (χ0n) is 12.4. The van der Waals surface area contributed by atoms with Crippen molar-refractivity contribution in [1.29, 1.82) is 5.26 Å². The van der Waals surface area contributed by atoms with Crippen LogP contribution in [0.2, 0.25) is 0 Å². The lowest BCUT2D eigenvalue weighted by Crippen LogP contribution is -2.36. The average Bonchev–Trinajstić information content (AvgIpc) is 2.92. The van der Waals surface area contributed by atoms with Crippen molar-refractivity contribution < 1.29 is 9.53 Å². The summed E-state index contributed by atoms with van der Waals surface area (Å²) in [4.78, 5) is 13.9. The second-order valence-corrected chi connectivity index (χ2v) is 6.02. The maximum Gasteiger partial charge on any atom is 0.410 e. The van der Waals surface area contributed by atoms with Gasteiger partial charge in [-0.3, -0.25) is 9.58 Å². The SMILES string of the molecule is Cn1nc(C2CCCN2C(=O)OC(C)(C)C)cc1C#N. The second-order valence-electron chi connectivity index (χ2n) is 6.02. The van der Waals surface area contributed by atoms with E-state index in [0.29, 0.717) is 12.2 Å². The molecule has 0 N–H and O–H groups in total. The van der Waals surface area contributed by atoms with E-state index >= 15 is 0 Å². The first-order chi connectivity index (χ1) is 9.31. The molecule has 1 saturated heterocycles. The van der Waals surface area contributed by atoms with E-state index in [-0.39, 0.29) is 12.1 Å². The number of rotatable bonds is 1. The summed E-state index contributed by atoms with van der Waals surface area (Å²) >= 11 is 0. The van der Waals surface area contributed by atoms with Gasteiger partial charge in [-0.1, -0.05) is 0 Å². The minimum atomic E-state index is -0.508. The van der Waals surface area contributed by atoms with Gasteiger partial charge in [0.25, 0.3) is 0 Å². The summed E-state index contributed by atoms with van der Waals surface area (Å²) in [7, 11) is 1.73. The molecule has 2 rings (SSSR count). The van der Waals surface area contributed by atoms with E-state index in [1.807, 2.05) is 20.8 Å². The first kappa shape index (κ1) is 14.4. The third-order valence-corrected chi connectivity index (χ3v) is 3.24. The summed E-state index contributed by atoms with van der Waals surface area (Å²) in [6.45, 7) is 6.22. The third kappa shape index (κ3) is 2.93. The predicted molar refractivity (Wildman–Crippen MR) is 72.8 cm³/mol. The van der Waals surface area contributed by atoms with Crippen LogP contribution in [0.25, 0.3) is 0 Å². The number of aromatic nitrogens is 2. The largest absolute Gasteiger partial charge is 0.444 e. The Balaban J connectivity index is 2.19. The van der Waals surface area contributed by atoms with Crippen molar-refractivity contribution in [3.05, 3.63) is 17.5 Å². The highest BCUT2D eigenvalue weighted by Crippen LogP contribution is 2.32. The zero-order chi connectivity index (χ0) is 14.9. The van der Waals surface area contributed by atoms with Gasteiger partial charge in [-0.2, -0.15) is 10.4 Å². The number of nitrogens with zero attached hydrogens (tertiary/aromatic N) is 4. The molecule has 1 fully saturated rings. The van der Waals surface area contributed by atoms with Crippen LogP contribution in [-0.2, 0) is 11.8 Å². The Kier molecular flexibility index (Phi) is 3.71. The van der Waals surface area contributed by atoms with Gasteiger partial charge in [0.1, 0.15) is 17.4 Å². The molecule has 0 aliphatic carbocycles. The van der Waals surface area contributed by atoms with Crippen molar-refractivity contribution in [3.8, 4) is 6.07 Å². The van der Waals surface area contributed by atoms with Crippen LogP contribution in [-0.4, -0.2) is 32.9 Å². The molecule has 6 heteroatoms. The highest BCUT2D eigenvalue weighted by molar-refractivity contribution is 5.69. The summed E-state index contributed by atoms with van der Waals surface area (Å²) in [6.07, 6.45) is 1.45. The summed E-state index contributed by atoms with van der Waals surface area (Å²) in [5, 5.41) is 13.3. The fourth-order valence-electron chi connectivity index (χ4n) is 2.37. The van der Waals surface area contributed by atoms with E-state index in [1.54, 1.807) is 22.7 Å². The Morgan fingerprint density at radius 2 is 2.25 bits per heavy atom. The normalized spacial score (nSPS) is 18.9. The van der Waals surface area contributed by atoms with E-state index in [4.69, 9.17) is 10.00 Å². The van der Waals surface area contributed by atoms with Gasteiger partial charge >= 0.3 is 6.09 Å². The molecule has 2 heterocycles. The van der Waals surface area contributed by atoms with Crippen LogP contribution in [0.5, 0.6) is 0 Å². The van der Waals surface area contributed by atoms with E-state index < -0.39 is 5.60 Å². The van der Waals surface area contributed by atoms with Gasteiger partial charge in [-0.25, -0.2) is 4.79 Å². The standard InChI is InChI=1S/C14H20N4O2/c1-14(2,3)20-13(19)18-7-5-6-12(18)11-8-10(9-15)17(4)16-11/h8,12H,5-7H2,1-4H3. The lowest BCUT2D eigenvalue weighted by molar-refractivity contribution is 0.0221. The number of likely N-dealkylation sites (tertiary alicyclic amines) is 1. The lowest BCUT2D eigenvalue weighted by Gasteiger charge is -2.27. The lowest BCUT2D eigenvalue weighted by atomic mass is 10.1. The molecule has 0 saturated carbocycles. The fraction of sp³-hybridized carbons (Fsp3) is 0.643. The maximum atomic E-state index is 12.2. The Labute approximate surface area is 118 Å². The van der Waals surface area contributed by atoms with Crippen molar-refractivity contribution in [1.82, 2.24) is 14.7 Å². The topological polar surface area (TPSA) is 71.2 Å². The smallest absolute Gasteiger partial charge is 0.410 e. The van der Waals surface area contributed by atoms with Crippen LogP contribution in [0, 0.1) is 11.3 Å². The molecule has 6 nitrogen and oxygen atoms in total. The Bertz CT molecular complexity index is 551. The van der Waals surface area contributed by atoms with Crippen LogP contribution in [0.3, 0.4) is 0 Å². The number of nitriles is 1. The summed E-state index contributed by atoms with van der Waals surface area (Å²) in [5.41, 5.74) is 0.745. The summed E-state index contributed by atoms with van der Waals surface area (Å²) in [5.74, 6) is 0.